The molecule has 1 amide bonds. The van der Waals surface area contributed by atoms with Crippen molar-refractivity contribution < 1.29 is 14.3 Å². The molecule has 6 heteroatoms. The van der Waals surface area contributed by atoms with Crippen molar-refractivity contribution in [1.29, 1.82) is 0 Å². The van der Waals surface area contributed by atoms with Crippen LogP contribution in [0.1, 0.15) is 19.8 Å². The van der Waals surface area contributed by atoms with Gasteiger partial charge in [-0.1, -0.05) is 0 Å². The second-order valence-electron chi connectivity index (χ2n) is 5.25. The van der Waals surface area contributed by atoms with E-state index in [2.05, 4.69) is 10.6 Å². The lowest BCUT2D eigenvalue weighted by molar-refractivity contribution is -0.120. The van der Waals surface area contributed by atoms with Crippen LogP contribution >= 0.6 is 11.8 Å². The Hall–Kier alpha value is -1.40. The van der Waals surface area contributed by atoms with Crippen molar-refractivity contribution in [3.8, 4) is 11.5 Å². The molecule has 0 saturated carbocycles. The number of hydrogen-bond acceptors (Lipinski definition) is 5. The van der Waals surface area contributed by atoms with E-state index in [0.29, 0.717) is 32.2 Å². The summed E-state index contributed by atoms with van der Waals surface area (Å²) in [7, 11) is 1.89. The van der Waals surface area contributed by atoms with E-state index in [1.165, 1.54) is 0 Å². The predicted molar refractivity (Wildman–Crippen MR) is 88.9 cm³/mol. The third kappa shape index (κ3) is 5.42. The molecule has 1 atom stereocenters. The molecule has 0 fully saturated rings. The minimum absolute atomic E-state index is 0.0870. The molecule has 0 radical (unpaired) electrons. The standard InChI is InChI=1S/C16H24N2O3S/c1-12(17-2)11-18-16(19)6-9-22-13-4-5-14-15(10-13)21-8-3-7-20-14/h4-5,10,12,17H,3,6-9,11H2,1-2H3,(H,18,19). The lowest BCUT2D eigenvalue weighted by atomic mass is 10.3. The van der Waals surface area contributed by atoms with Gasteiger partial charge >= 0.3 is 0 Å². The SMILES string of the molecule is CNC(C)CNC(=O)CCSc1ccc2c(c1)OCCCO2. The van der Waals surface area contributed by atoms with E-state index in [9.17, 15) is 4.79 Å². The number of likely N-dealkylation sites (N-methyl/N-ethyl adjacent to an activating group) is 1. The number of amides is 1. The van der Waals surface area contributed by atoms with Crippen LogP contribution in [0.4, 0.5) is 0 Å². The molecule has 0 saturated heterocycles. The number of carbonyl (C=O) groups excluding carboxylic acids is 1. The molecule has 1 aliphatic rings. The van der Waals surface area contributed by atoms with Gasteiger partial charge in [-0.05, 0) is 32.2 Å². The Bertz CT molecular complexity index is 496. The second-order valence-corrected chi connectivity index (χ2v) is 6.42. The highest BCUT2D eigenvalue weighted by molar-refractivity contribution is 7.99. The minimum atomic E-state index is 0.0870. The Kier molecular flexibility index (Phi) is 6.86. The van der Waals surface area contributed by atoms with Crippen LogP contribution in [0.15, 0.2) is 23.1 Å². The van der Waals surface area contributed by atoms with E-state index in [4.69, 9.17) is 9.47 Å². The van der Waals surface area contributed by atoms with E-state index in [-0.39, 0.29) is 5.91 Å². The van der Waals surface area contributed by atoms with Gasteiger partial charge in [0.25, 0.3) is 0 Å². The van der Waals surface area contributed by atoms with Crippen LogP contribution < -0.4 is 20.1 Å². The van der Waals surface area contributed by atoms with Crippen LogP contribution in [-0.2, 0) is 4.79 Å². The summed E-state index contributed by atoms with van der Waals surface area (Å²) in [5.74, 6) is 2.44. The van der Waals surface area contributed by atoms with Crippen molar-refractivity contribution in [2.24, 2.45) is 0 Å². The van der Waals surface area contributed by atoms with E-state index in [1.54, 1.807) is 11.8 Å². The van der Waals surface area contributed by atoms with Crippen LogP contribution in [0.25, 0.3) is 0 Å². The zero-order valence-electron chi connectivity index (χ0n) is 13.2. The van der Waals surface area contributed by atoms with Crippen molar-refractivity contribution in [2.75, 3.05) is 32.6 Å². The number of nitrogens with one attached hydrogen (secondary N) is 2. The van der Waals surface area contributed by atoms with Crippen LogP contribution in [0.5, 0.6) is 11.5 Å². The highest BCUT2D eigenvalue weighted by atomic mass is 32.2. The van der Waals surface area contributed by atoms with Gasteiger partial charge < -0.3 is 20.1 Å². The van der Waals surface area contributed by atoms with Gasteiger partial charge in [0, 0.05) is 36.1 Å². The van der Waals surface area contributed by atoms with Crippen molar-refractivity contribution in [2.45, 2.75) is 30.7 Å². The smallest absolute Gasteiger partial charge is 0.220 e. The quantitative estimate of drug-likeness (QED) is 0.752. The summed E-state index contributed by atoms with van der Waals surface area (Å²) in [5, 5.41) is 6.01. The van der Waals surface area contributed by atoms with Gasteiger partial charge in [0.05, 0.1) is 13.2 Å². The average molecular weight is 324 g/mol. The zero-order chi connectivity index (χ0) is 15.8. The first-order valence-corrected chi connectivity index (χ1v) is 8.64. The molecule has 22 heavy (non-hydrogen) atoms. The van der Waals surface area contributed by atoms with E-state index < -0.39 is 0 Å². The molecule has 1 heterocycles. The number of benzene rings is 1. The maximum atomic E-state index is 11.7. The maximum Gasteiger partial charge on any atom is 0.220 e. The van der Waals surface area contributed by atoms with Crippen LogP contribution in [0, 0.1) is 0 Å². The molecule has 1 aromatic rings. The summed E-state index contributed by atoms with van der Waals surface area (Å²) >= 11 is 1.66. The van der Waals surface area contributed by atoms with E-state index >= 15 is 0 Å². The molecule has 2 N–H and O–H groups in total. The summed E-state index contributed by atoms with van der Waals surface area (Å²) < 4.78 is 11.3. The van der Waals surface area contributed by atoms with E-state index in [0.717, 1.165) is 28.6 Å². The number of ether oxygens (including phenoxy) is 2. The van der Waals surface area contributed by atoms with Gasteiger partial charge in [-0.2, -0.15) is 0 Å². The number of hydrogen-bond donors (Lipinski definition) is 2. The Labute approximate surface area is 136 Å². The first kappa shape index (κ1) is 17.0. The summed E-state index contributed by atoms with van der Waals surface area (Å²) in [6.07, 6.45) is 1.41. The molecule has 1 aromatic carbocycles. The highest BCUT2D eigenvalue weighted by Gasteiger charge is 2.11. The predicted octanol–water partition coefficient (Wildman–Crippen LogP) is 2.05. The molecule has 122 valence electrons. The van der Waals surface area contributed by atoms with E-state index in [1.807, 2.05) is 32.2 Å². The van der Waals surface area contributed by atoms with Crippen LogP contribution in [0.2, 0.25) is 0 Å². The summed E-state index contributed by atoms with van der Waals surface area (Å²) in [6.45, 7) is 4.08. The summed E-state index contributed by atoms with van der Waals surface area (Å²) in [5.41, 5.74) is 0. The Morgan fingerprint density at radius 2 is 2.09 bits per heavy atom. The number of rotatable bonds is 7. The number of fused-ring (bicyclic) bond motifs is 1. The van der Waals surface area contributed by atoms with Crippen molar-refractivity contribution in [3.63, 3.8) is 0 Å². The van der Waals surface area contributed by atoms with Crippen molar-refractivity contribution in [3.05, 3.63) is 18.2 Å². The van der Waals surface area contributed by atoms with Crippen LogP contribution in [0.3, 0.4) is 0 Å². The number of carbonyl (C=O) groups is 1. The Morgan fingerprint density at radius 1 is 1.32 bits per heavy atom. The molecule has 2 rings (SSSR count). The second kappa shape index (κ2) is 8.90. The minimum Gasteiger partial charge on any atom is -0.490 e. The topological polar surface area (TPSA) is 59.6 Å². The first-order valence-electron chi connectivity index (χ1n) is 7.65. The van der Waals surface area contributed by atoms with Crippen molar-refractivity contribution >= 4 is 17.7 Å². The van der Waals surface area contributed by atoms with Gasteiger partial charge in [-0.3, -0.25) is 4.79 Å². The summed E-state index contributed by atoms with van der Waals surface area (Å²) in [6, 6.07) is 6.24. The Balaban J connectivity index is 1.75. The molecular formula is C16H24N2O3S. The van der Waals surface area contributed by atoms with Gasteiger partial charge in [0.1, 0.15) is 0 Å². The molecule has 1 unspecified atom stereocenters. The third-order valence-corrected chi connectivity index (χ3v) is 4.41. The normalized spacial score (nSPS) is 15.0. The van der Waals surface area contributed by atoms with Gasteiger partial charge in [0.2, 0.25) is 5.91 Å². The first-order chi connectivity index (χ1) is 10.7. The maximum absolute atomic E-state index is 11.7. The monoisotopic (exact) mass is 324 g/mol. The van der Waals surface area contributed by atoms with Gasteiger partial charge in [-0.25, -0.2) is 0 Å². The van der Waals surface area contributed by atoms with Crippen molar-refractivity contribution in [1.82, 2.24) is 10.6 Å². The highest BCUT2D eigenvalue weighted by Crippen LogP contribution is 2.33. The third-order valence-electron chi connectivity index (χ3n) is 3.42. The fourth-order valence-electron chi connectivity index (χ4n) is 1.95. The molecule has 0 aromatic heterocycles. The lowest BCUT2D eigenvalue weighted by Gasteiger charge is -2.11. The molecule has 5 nitrogen and oxygen atoms in total. The molecule has 0 spiro atoms. The average Bonchev–Trinajstić information content (AvgIpc) is 2.77. The fraction of sp³-hybridized carbons (Fsp3) is 0.562. The van der Waals surface area contributed by atoms with Crippen LogP contribution in [-0.4, -0.2) is 44.5 Å². The fourth-order valence-corrected chi connectivity index (χ4v) is 2.83. The number of thioether (sulfide) groups is 1. The molecule has 1 aliphatic heterocycles. The Morgan fingerprint density at radius 3 is 2.86 bits per heavy atom. The zero-order valence-corrected chi connectivity index (χ0v) is 14.0. The largest absolute Gasteiger partial charge is 0.490 e. The molecular weight excluding hydrogens is 300 g/mol. The van der Waals surface area contributed by atoms with Gasteiger partial charge in [0.15, 0.2) is 11.5 Å². The molecule has 0 bridgehead atoms. The molecule has 0 aliphatic carbocycles. The lowest BCUT2D eigenvalue weighted by Crippen LogP contribution is -2.37. The summed E-state index contributed by atoms with van der Waals surface area (Å²) in [4.78, 5) is 12.8. The van der Waals surface area contributed by atoms with Gasteiger partial charge in [-0.15, -0.1) is 11.8 Å².